The third-order valence-electron chi connectivity index (χ3n) is 10.3. The van der Waals surface area contributed by atoms with Gasteiger partial charge < -0.3 is 9.46 Å². The van der Waals surface area contributed by atoms with Crippen LogP contribution in [0, 0.1) is 0 Å². The number of para-hydroxylation sites is 2. The first-order valence-corrected chi connectivity index (χ1v) is 20.0. The van der Waals surface area contributed by atoms with Gasteiger partial charge in [0.25, 0.3) is 0 Å². The van der Waals surface area contributed by atoms with Crippen molar-refractivity contribution in [1.29, 1.82) is 0 Å². The highest BCUT2D eigenvalue weighted by Crippen LogP contribution is 2.54. The molecule has 1 unspecified atom stereocenters. The van der Waals surface area contributed by atoms with E-state index in [4.69, 9.17) is 15.0 Å². The van der Waals surface area contributed by atoms with Crippen LogP contribution in [0.1, 0.15) is 0 Å². The van der Waals surface area contributed by atoms with E-state index in [9.17, 15) is 0 Å². The zero-order valence-corrected chi connectivity index (χ0v) is 30.6. The summed E-state index contributed by atoms with van der Waals surface area (Å²) in [7, 11) is -3.31. The van der Waals surface area contributed by atoms with Gasteiger partial charge in [-0.2, -0.15) is 0 Å². The summed E-state index contributed by atoms with van der Waals surface area (Å²) in [6.07, 6.45) is 0. The maximum atomic E-state index is 16.0. The molecule has 1 aliphatic rings. The zero-order chi connectivity index (χ0) is 36.8. The molecular formula is C49H33N4OP. The van der Waals surface area contributed by atoms with Crippen molar-refractivity contribution in [3.8, 4) is 45.3 Å². The predicted octanol–water partition coefficient (Wildman–Crippen LogP) is 11.1. The minimum Gasteiger partial charge on any atom is -0.309 e. The van der Waals surface area contributed by atoms with E-state index in [1.807, 2.05) is 127 Å². The number of nitrogens with zero attached hydrogens (tertiary/aromatic N) is 4. The van der Waals surface area contributed by atoms with Crippen molar-refractivity contribution in [2.24, 2.45) is 0 Å². The van der Waals surface area contributed by atoms with E-state index in [0.29, 0.717) is 17.5 Å². The van der Waals surface area contributed by atoms with Gasteiger partial charge in [-0.3, -0.25) is 0 Å². The number of benzene rings is 8. The van der Waals surface area contributed by atoms with Gasteiger partial charge >= 0.3 is 0 Å². The lowest BCUT2D eigenvalue weighted by molar-refractivity contribution is 0.592. The van der Waals surface area contributed by atoms with E-state index >= 15 is 4.57 Å². The molecule has 6 heteroatoms. The molecule has 5 nitrogen and oxygen atoms in total. The Kier molecular flexibility index (Phi) is 8.01. The summed E-state index contributed by atoms with van der Waals surface area (Å²) in [6.45, 7) is 0. The number of hydrogen-bond donors (Lipinski definition) is 0. The van der Waals surface area contributed by atoms with Crippen LogP contribution in [-0.2, 0) is 4.57 Å². The fourth-order valence-electron chi connectivity index (χ4n) is 7.76. The van der Waals surface area contributed by atoms with Crippen LogP contribution in [0.3, 0.4) is 0 Å². The Morgan fingerprint density at radius 1 is 0.382 bits per heavy atom. The second kappa shape index (κ2) is 13.5. The molecule has 1 aliphatic heterocycles. The standard InChI is InChI=1S/C49H33N4OP/c54-55(38-23-11-4-12-24-38)45-28-16-15-27-43(45)53(37-21-9-3-10-22-37)44-32-29-36(33-46(44)55)39-30-31-42(41-26-14-13-25-40(39)41)49-51-47(34-17-5-1-6-18-34)50-48(52-49)35-19-7-2-8-20-35/h1-33H. The van der Waals surface area contributed by atoms with Crippen LogP contribution < -0.4 is 20.8 Å². The van der Waals surface area contributed by atoms with Gasteiger partial charge in [-0.25, -0.2) is 15.0 Å². The van der Waals surface area contributed by atoms with Crippen LogP contribution in [0.25, 0.3) is 56.1 Å². The minimum absolute atomic E-state index is 0.601. The molecule has 0 radical (unpaired) electrons. The highest BCUT2D eigenvalue weighted by molar-refractivity contribution is 7.86. The van der Waals surface area contributed by atoms with Gasteiger partial charge in [-0.1, -0.05) is 158 Å². The van der Waals surface area contributed by atoms with Crippen molar-refractivity contribution in [3.05, 3.63) is 200 Å². The minimum atomic E-state index is -3.31. The third-order valence-corrected chi connectivity index (χ3v) is 13.4. The van der Waals surface area contributed by atoms with Crippen LogP contribution in [0.4, 0.5) is 17.1 Å². The fourth-order valence-corrected chi connectivity index (χ4v) is 10.8. The molecule has 0 aliphatic carbocycles. The lowest BCUT2D eigenvalue weighted by Crippen LogP contribution is -2.36. The van der Waals surface area contributed by atoms with Crippen molar-refractivity contribution in [2.75, 3.05) is 4.90 Å². The van der Waals surface area contributed by atoms with Crippen LogP contribution >= 0.6 is 7.14 Å². The molecule has 9 aromatic rings. The number of anilines is 3. The average molecular weight is 725 g/mol. The van der Waals surface area contributed by atoms with Crippen molar-refractivity contribution in [3.63, 3.8) is 0 Å². The molecule has 0 saturated carbocycles. The maximum Gasteiger partial charge on any atom is 0.175 e. The van der Waals surface area contributed by atoms with E-state index in [1.165, 1.54) is 0 Å². The summed E-state index contributed by atoms with van der Waals surface area (Å²) >= 11 is 0. The average Bonchev–Trinajstić information content (AvgIpc) is 3.27. The van der Waals surface area contributed by atoms with Crippen LogP contribution in [0.2, 0.25) is 0 Å². The van der Waals surface area contributed by atoms with Crippen molar-refractivity contribution in [1.82, 2.24) is 15.0 Å². The molecule has 0 N–H and O–H groups in total. The summed E-state index contributed by atoms with van der Waals surface area (Å²) in [5.74, 6) is 1.84. The fraction of sp³-hybridized carbons (Fsp3) is 0. The van der Waals surface area contributed by atoms with Crippen molar-refractivity contribution >= 4 is 50.9 Å². The van der Waals surface area contributed by atoms with Crippen molar-refractivity contribution in [2.45, 2.75) is 0 Å². The Labute approximate surface area is 319 Å². The Hall–Kier alpha value is -6.94. The first kappa shape index (κ1) is 32.7. The van der Waals surface area contributed by atoms with Gasteiger partial charge in [0.05, 0.1) is 11.4 Å². The van der Waals surface area contributed by atoms with Crippen molar-refractivity contribution < 1.29 is 4.57 Å². The molecule has 1 atom stereocenters. The Morgan fingerprint density at radius 3 is 1.53 bits per heavy atom. The second-order valence-corrected chi connectivity index (χ2v) is 16.3. The molecule has 0 saturated heterocycles. The van der Waals surface area contributed by atoms with Gasteiger partial charge in [-0.15, -0.1) is 0 Å². The Balaban J connectivity index is 1.18. The van der Waals surface area contributed by atoms with Crippen LogP contribution in [0.15, 0.2) is 200 Å². The molecule has 10 rings (SSSR count). The lowest BCUT2D eigenvalue weighted by Gasteiger charge is -2.38. The number of hydrogen-bond acceptors (Lipinski definition) is 5. The summed E-state index contributed by atoms with van der Waals surface area (Å²) in [4.78, 5) is 17.3. The zero-order valence-electron chi connectivity index (χ0n) is 29.7. The van der Waals surface area contributed by atoms with E-state index in [-0.39, 0.29) is 0 Å². The third kappa shape index (κ3) is 5.56. The molecule has 0 fully saturated rings. The molecule has 55 heavy (non-hydrogen) atoms. The predicted molar refractivity (Wildman–Crippen MR) is 227 cm³/mol. The van der Waals surface area contributed by atoms with E-state index < -0.39 is 7.14 Å². The molecule has 0 spiro atoms. The molecule has 2 heterocycles. The first-order chi connectivity index (χ1) is 27.2. The number of rotatable bonds is 6. The quantitative estimate of drug-likeness (QED) is 0.160. The molecule has 8 aromatic carbocycles. The largest absolute Gasteiger partial charge is 0.309 e. The van der Waals surface area contributed by atoms with Crippen LogP contribution in [-0.4, -0.2) is 15.0 Å². The van der Waals surface area contributed by atoms with E-state index in [1.54, 1.807) is 0 Å². The molecule has 1 aromatic heterocycles. The summed E-state index contributed by atoms with van der Waals surface area (Å²) in [5, 5.41) is 4.52. The van der Waals surface area contributed by atoms with E-state index in [0.717, 1.165) is 71.6 Å². The van der Waals surface area contributed by atoms with Crippen LogP contribution in [0.5, 0.6) is 0 Å². The molecule has 0 bridgehead atoms. The lowest BCUT2D eigenvalue weighted by atomic mass is 9.94. The SMILES string of the molecule is O=P1(c2ccccc2)c2ccccc2N(c2ccccc2)c2ccc(-c3ccc(-c4nc(-c5ccccc5)nc(-c5ccccc5)n4)c4ccccc34)cc21. The summed E-state index contributed by atoms with van der Waals surface area (Å²) < 4.78 is 16.0. The highest BCUT2D eigenvalue weighted by atomic mass is 31.2. The number of fused-ring (bicyclic) bond motifs is 3. The maximum absolute atomic E-state index is 16.0. The topological polar surface area (TPSA) is 59.0 Å². The van der Waals surface area contributed by atoms with Gasteiger partial charge in [0.2, 0.25) is 0 Å². The Morgan fingerprint density at radius 2 is 0.873 bits per heavy atom. The highest BCUT2D eigenvalue weighted by Gasteiger charge is 2.41. The van der Waals surface area contributed by atoms with Gasteiger partial charge in [0, 0.05) is 38.3 Å². The van der Waals surface area contributed by atoms with Gasteiger partial charge in [-0.05, 0) is 64.4 Å². The Bertz CT molecular complexity index is 2840. The van der Waals surface area contributed by atoms with Gasteiger partial charge in [0.1, 0.15) is 0 Å². The second-order valence-electron chi connectivity index (χ2n) is 13.6. The first-order valence-electron chi connectivity index (χ1n) is 18.3. The van der Waals surface area contributed by atoms with E-state index in [2.05, 4.69) is 77.7 Å². The molecular weight excluding hydrogens is 692 g/mol. The normalized spacial score (nSPS) is 14.7. The summed E-state index contributed by atoms with van der Waals surface area (Å²) in [5.41, 5.74) is 7.63. The molecule has 260 valence electrons. The number of aromatic nitrogens is 3. The van der Waals surface area contributed by atoms with Gasteiger partial charge in [0.15, 0.2) is 24.6 Å². The monoisotopic (exact) mass is 724 g/mol. The summed E-state index contributed by atoms with van der Waals surface area (Å²) in [6, 6.07) is 67.5. The molecule has 0 amide bonds. The smallest absolute Gasteiger partial charge is 0.175 e.